The maximum Gasteiger partial charge on any atom is 0.340 e. The van der Waals surface area contributed by atoms with Crippen molar-refractivity contribution < 1.29 is 9.90 Å². The number of rotatable bonds is 5. The normalized spacial score (nSPS) is 10.4. The van der Waals surface area contributed by atoms with E-state index in [2.05, 4.69) is 15.9 Å². The van der Waals surface area contributed by atoms with Crippen molar-refractivity contribution in [3.63, 3.8) is 0 Å². The van der Waals surface area contributed by atoms with E-state index in [0.29, 0.717) is 28.7 Å². The van der Waals surface area contributed by atoms with Crippen molar-refractivity contribution in [3.8, 4) is 12.3 Å². The second-order valence-corrected chi connectivity index (χ2v) is 5.19. The van der Waals surface area contributed by atoms with Crippen molar-refractivity contribution in [3.05, 3.63) is 17.1 Å². The summed E-state index contributed by atoms with van der Waals surface area (Å²) in [5, 5.41) is 9.71. The highest BCUT2D eigenvalue weighted by Crippen LogP contribution is 2.25. The minimum Gasteiger partial charge on any atom is -0.478 e. The van der Waals surface area contributed by atoms with E-state index in [0.717, 1.165) is 0 Å². The summed E-state index contributed by atoms with van der Waals surface area (Å²) in [5.41, 5.74) is 0.686. The Hall–Kier alpha value is -1.54. The third-order valence-electron chi connectivity index (χ3n) is 2.29. The molecular weight excluding hydrogens is 248 g/mol. The predicted molar refractivity (Wildman–Crippen MR) is 72.0 cm³/mol. The molecule has 0 fully saturated rings. The largest absolute Gasteiger partial charge is 0.478 e. The van der Waals surface area contributed by atoms with E-state index < -0.39 is 5.97 Å². The van der Waals surface area contributed by atoms with Crippen LogP contribution in [-0.2, 0) is 0 Å². The lowest BCUT2D eigenvalue weighted by Crippen LogP contribution is -2.10. The maximum atomic E-state index is 11.2. The quantitative estimate of drug-likeness (QED) is 0.383. The monoisotopic (exact) mass is 264 g/mol. The number of nitrogens with zero attached hydrogens (tertiary/aromatic N) is 2. The molecule has 0 saturated heterocycles. The molecule has 1 aromatic rings. The van der Waals surface area contributed by atoms with Gasteiger partial charge in [0.15, 0.2) is 0 Å². The van der Waals surface area contributed by atoms with Gasteiger partial charge >= 0.3 is 5.97 Å². The first kappa shape index (κ1) is 14.5. The van der Waals surface area contributed by atoms with Gasteiger partial charge in [-0.15, -0.1) is 24.1 Å². The van der Waals surface area contributed by atoms with Gasteiger partial charge in [-0.2, -0.15) is 0 Å². The van der Waals surface area contributed by atoms with E-state index in [1.54, 1.807) is 6.92 Å². The lowest BCUT2D eigenvalue weighted by atomic mass is 10.2. The summed E-state index contributed by atoms with van der Waals surface area (Å²) in [4.78, 5) is 19.8. The zero-order chi connectivity index (χ0) is 13.7. The minimum absolute atomic E-state index is 0.165. The Balaban J connectivity index is 3.17. The molecule has 0 aliphatic rings. The van der Waals surface area contributed by atoms with Crippen LogP contribution in [0.25, 0.3) is 0 Å². The summed E-state index contributed by atoms with van der Waals surface area (Å²) in [6.45, 7) is 5.65. The topological polar surface area (TPSA) is 63.1 Å². The average molecular weight is 264 g/mol. The van der Waals surface area contributed by atoms with Gasteiger partial charge in [0.2, 0.25) is 0 Å². The van der Waals surface area contributed by atoms with Crippen LogP contribution in [0.5, 0.6) is 0 Å². The minimum atomic E-state index is -0.994. The van der Waals surface area contributed by atoms with Crippen LogP contribution in [0.4, 0.5) is 0 Å². The first-order valence-corrected chi connectivity index (χ1v) is 6.64. The molecule has 0 aromatic carbocycles. The number of hydrogen-bond donors (Lipinski definition) is 1. The van der Waals surface area contributed by atoms with Crippen molar-refractivity contribution in [2.75, 3.05) is 5.75 Å². The third kappa shape index (κ3) is 3.47. The zero-order valence-corrected chi connectivity index (χ0v) is 11.5. The number of carbonyl (C=O) groups is 1. The van der Waals surface area contributed by atoms with Gasteiger partial charge in [0.05, 0.1) is 5.69 Å². The summed E-state index contributed by atoms with van der Waals surface area (Å²) < 4.78 is 0. The Labute approximate surface area is 111 Å². The molecule has 1 heterocycles. The van der Waals surface area contributed by atoms with E-state index in [1.807, 2.05) is 13.8 Å². The van der Waals surface area contributed by atoms with Crippen LogP contribution in [0.3, 0.4) is 0 Å². The van der Waals surface area contributed by atoms with Crippen molar-refractivity contribution in [2.45, 2.75) is 38.1 Å². The van der Waals surface area contributed by atoms with Crippen LogP contribution in [-0.4, -0.2) is 26.8 Å². The number of hydrogen-bond acceptors (Lipinski definition) is 4. The fourth-order valence-electron chi connectivity index (χ4n) is 1.38. The molecule has 0 saturated carbocycles. The average Bonchev–Trinajstić information content (AvgIpc) is 2.27. The van der Waals surface area contributed by atoms with Gasteiger partial charge in [-0.3, -0.25) is 0 Å². The second kappa shape index (κ2) is 6.41. The number of terminal acetylenes is 1. The molecule has 1 aromatic heterocycles. The molecule has 1 N–H and O–H groups in total. The van der Waals surface area contributed by atoms with Crippen molar-refractivity contribution in [1.29, 1.82) is 0 Å². The SMILES string of the molecule is C#CCCSc1nc(C(C)C)nc(C)c1C(=O)O. The molecule has 5 heteroatoms. The van der Waals surface area contributed by atoms with Crippen molar-refractivity contribution in [2.24, 2.45) is 0 Å². The standard InChI is InChI=1S/C13H16N2O2S/c1-5-6-7-18-12-10(13(16)17)9(4)14-11(15-12)8(2)3/h1,8H,6-7H2,2-4H3,(H,16,17). The highest BCUT2D eigenvalue weighted by Gasteiger charge is 2.19. The number of carboxylic acid groups (broad SMARTS) is 1. The van der Waals surface area contributed by atoms with E-state index in [4.69, 9.17) is 6.42 Å². The van der Waals surface area contributed by atoms with E-state index in [-0.39, 0.29) is 11.5 Å². The number of aryl methyl sites for hydroxylation is 1. The number of aromatic nitrogens is 2. The molecule has 1 rings (SSSR count). The van der Waals surface area contributed by atoms with Crippen LogP contribution >= 0.6 is 11.8 Å². The van der Waals surface area contributed by atoms with Crippen LogP contribution in [0.2, 0.25) is 0 Å². The van der Waals surface area contributed by atoms with E-state index >= 15 is 0 Å². The summed E-state index contributed by atoms with van der Waals surface area (Å²) in [5.74, 6) is 3.02. The molecule has 0 aliphatic carbocycles. The van der Waals surface area contributed by atoms with Gasteiger partial charge in [-0.25, -0.2) is 14.8 Å². The summed E-state index contributed by atoms with van der Waals surface area (Å²) in [7, 11) is 0. The van der Waals surface area contributed by atoms with Crippen molar-refractivity contribution in [1.82, 2.24) is 9.97 Å². The van der Waals surface area contributed by atoms with E-state index in [1.165, 1.54) is 11.8 Å². The molecule has 0 amide bonds. The first-order chi connectivity index (χ1) is 8.47. The number of aromatic carboxylic acids is 1. The smallest absolute Gasteiger partial charge is 0.340 e. The highest BCUT2D eigenvalue weighted by molar-refractivity contribution is 7.99. The number of thioether (sulfide) groups is 1. The van der Waals surface area contributed by atoms with Crippen LogP contribution < -0.4 is 0 Å². The molecule has 18 heavy (non-hydrogen) atoms. The molecule has 0 spiro atoms. The molecule has 96 valence electrons. The Morgan fingerprint density at radius 2 is 2.17 bits per heavy atom. The Kier molecular flexibility index (Phi) is 5.17. The molecule has 0 atom stereocenters. The zero-order valence-electron chi connectivity index (χ0n) is 10.7. The fraction of sp³-hybridized carbons (Fsp3) is 0.462. The second-order valence-electron chi connectivity index (χ2n) is 4.11. The third-order valence-corrected chi connectivity index (χ3v) is 3.27. The molecular formula is C13H16N2O2S. The van der Waals surface area contributed by atoms with E-state index in [9.17, 15) is 9.90 Å². The predicted octanol–water partition coefficient (Wildman–Crippen LogP) is 2.72. The van der Waals surface area contributed by atoms with Crippen LogP contribution in [0.1, 0.15) is 48.1 Å². The van der Waals surface area contributed by atoms with Gasteiger partial charge in [0, 0.05) is 18.1 Å². The molecule has 0 unspecified atom stereocenters. The van der Waals surface area contributed by atoms with Gasteiger partial charge in [0.1, 0.15) is 16.4 Å². The van der Waals surface area contributed by atoms with Gasteiger partial charge in [-0.05, 0) is 6.92 Å². The Morgan fingerprint density at radius 1 is 1.50 bits per heavy atom. The highest BCUT2D eigenvalue weighted by atomic mass is 32.2. The first-order valence-electron chi connectivity index (χ1n) is 5.65. The molecule has 0 bridgehead atoms. The van der Waals surface area contributed by atoms with Crippen LogP contribution in [0.15, 0.2) is 5.03 Å². The summed E-state index contributed by atoms with van der Waals surface area (Å²) >= 11 is 1.37. The number of carboxylic acids is 1. The Bertz CT molecular complexity index is 492. The van der Waals surface area contributed by atoms with Gasteiger partial charge in [-0.1, -0.05) is 13.8 Å². The lowest BCUT2D eigenvalue weighted by Gasteiger charge is -2.11. The summed E-state index contributed by atoms with van der Waals surface area (Å²) in [6.07, 6.45) is 5.77. The van der Waals surface area contributed by atoms with Crippen LogP contribution in [0, 0.1) is 19.3 Å². The maximum absolute atomic E-state index is 11.2. The lowest BCUT2D eigenvalue weighted by molar-refractivity contribution is 0.0690. The summed E-state index contributed by atoms with van der Waals surface area (Å²) in [6, 6.07) is 0. The van der Waals surface area contributed by atoms with Crippen molar-refractivity contribution >= 4 is 17.7 Å². The molecule has 4 nitrogen and oxygen atoms in total. The molecule has 0 aliphatic heterocycles. The van der Waals surface area contributed by atoms with Gasteiger partial charge in [0.25, 0.3) is 0 Å². The fourth-order valence-corrected chi connectivity index (χ4v) is 2.33. The molecule has 0 radical (unpaired) electrons. The van der Waals surface area contributed by atoms with Gasteiger partial charge < -0.3 is 5.11 Å². The Morgan fingerprint density at radius 3 is 2.67 bits per heavy atom.